The van der Waals surface area contributed by atoms with Gasteiger partial charge < -0.3 is 103 Å². The smallest absolute Gasteiger partial charge is 0.303 e. The molecule has 0 aliphatic carbocycles. The SMILES string of the molecule is CC(=O)NC1C(ONC(=O)CCOCC(COCCC(=O)NOC2OC(COC(C)=O)C(OC(C)=O)C(OC(C)=O)C2NC(C)=O)(COCCC(=O)NOC2OC(COC(C)=O)C(OC(C)=O)C(OC(C)=O)C2NC(C)=O)NC(=O)C2CCN(C(O)O)CC2)OC(COC(C)=O)C(OC(C)=O)C1OC(C)=O. The van der Waals surface area contributed by atoms with E-state index in [-0.39, 0.29) is 25.9 Å². The number of carbonyl (C=O) groups excluding carboxylic acids is 16. The first-order chi connectivity index (χ1) is 49.9. The van der Waals surface area contributed by atoms with Crippen molar-refractivity contribution in [1.82, 2.24) is 42.6 Å². The molecule has 4 heterocycles. The molecule has 0 bridgehead atoms. The molecule has 4 aliphatic heterocycles. The summed E-state index contributed by atoms with van der Waals surface area (Å²) in [5.41, 5.74) is 4.52. The lowest BCUT2D eigenvalue weighted by atomic mass is 9.93. The Labute approximate surface area is 606 Å². The molecule has 4 aliphatic rings. The van der Waals surface area contributed by atoms with Crippen molar-refractivity contribution < 1.29 is 172 Å². The number of nitrogens with zero attached hydrogens (tertiary/aromatic N) is 1. The Balaban J connectivity index is 1.65. The summed E-state index contributed by atoms with van der Waals surface area (Å²) in [4.78, 5) is 221. The number of hydrogen-bond donors (Lipinski definition) is 9. The van der Waals surface area contributed by atoms with Crippen LogP contribution in [0.5, 0.6) is 0 Å². The van der Waals surface area contributed by atoms with Crippen LogP contribution in [0.15, 0.2) is 0 Å². The molecule has 4 fully saturated rings. The van der Waals surface area contributed by atoms with Crippen molar-refractivity contribution in [3.05, 3.63) is 0 Å². The number of hydroxylamine groups is 3. The van der Waals surface area contributed by atoms with Gasteiger partial charge in [0.15, 0.2) is 36.6 Å². The van der Waals surface area contributed by atoms with Crippen LogP contribution in [-0.2, 0) is 162 Å². The van der Waals surface area contributed by atoms with E-state index in [1.54, 1.807) is 0 Å². The molecule has 106 heavy (non-hydrogen) atoms. The predicted molar refractivity (Wildman–Crippen MR) is 339 cm³/mol. The largest absolute Gasteiger partial charge is 0.463 e. The van der Waals surface area contributed by atoms with Gasteiger partial charge in [0, 0.05) is 102 Å². The number of aliphatic hydroxyl groups excluding tert-OH is 1. The Morgan fingerprint density at radius 2 is 0.660 bits per heavy atom. The summed E-state index contributed by atoms with van der Waals surface area (Å²) in [5, 5.41) is 30.0. The molecule has 0 aromatic rings. The summed E-state index contributed by atoms with van der Waals surface area (Å²) in [7, 11) is 0. The third kappa shape index (κ3) is 31.2. The van der Waals surface area contributed by atoms with Crippen molar-refractivity contribution in [3.63, 3.8) is 0 Å². The average Bonchev–Trinajstić information content (AvgIpc) is 0.805. The van der Waals surface area contributed by atoms with Gasteiger partial charge in [-0.3, -0.25) is 81.6 Å². The number of esters is 9. The fourth-order valence-corrected chi connectivity index (χ4v) is 11.0. The van der Waals surface area contributed by atoms with E-state index in [0.717, 1.165) is 83.1 Å². The quantitative estimate of drug-likeness (QED) is 0.00910. The lowest BCUT2D eigenvalue weighted by molar-refractivity contribution is -0.289. The first-order valence-corrected chi connectivity index (χ1v) is 33.1. The molecule has 0 aromatic carbocycles. The third-order valence-electron chi connectivity index (χ3n) is 15.3. The lowest BCUT2D eigenvalue weighted by Gasteiger charge is -2.44. The Morgan fingerprint density at radius 1 is 0.396 bits per heavy atom. The molecule has 598 valence electrons. The van der Waals surface area contributed by atoms with Crippen molar-refractivity contribution in [2.24, 2.45) is 5.92 Å². The van der Waals surface area contributed by atoms with Crippen LogP contribution in [0.25, 0.3) is 0 Å². The highest BCUT2D eigenvalue weighted by Gasteiger charge is 2.55. The van der Waals surface area contributed by atoms with Crippen molar-refractivity contribution >= 4 is 95.1 Å². The van der Waals surface area contributed by atoms with Crippen LogP contribution in [0, 0.1) is 5.92 Å². The maximum atomic E-state index is 14.4. The number of amides is 7. The molecule has 9 N–H and O–H groups in total. The zero-order chi connectivity index (χ0) is 79.1. The Kier molecular flexibility index (Phi) is 37.3. The van der Waals surface area contributed by atoms with E-state index in [9.17, 15) is 86.9 Å². The molecule has 0 saturated carbocycles. The molecular weight excluding hydrogens is 1430 g/mol. The van der Waals surface area contributed by atoms with Gasteiger partial charge in [-0.1, -0.05) is 0 Å². The standard InChI is InChI=1S/C62H94N8O36/c1-29(71)63-48-54(98-38(10)80)51(95-35(7)77)42(23-92-32(4)74)101-58(48)104-67-45(83)15-20-89-26-62(66-57(86)41-13-18-70(19-14-41)61(87)88,27-90-21-16-46(84)68-105-59-49(64-30(2)72)55(99-39(11)81)52(96-36(8)78)43(102-59)24-93-33(5)75)28-91-22-17-47(85)69-106-60-50(65-31(3)73)56(100-40(12)82)53(97-37(9)79)44(103-60)25-94-34(6)76/h41-44,48-56,58-61,87-88H,13-28H2,1-12H3,(H,63,71)(H,64,72)(H,65,73)(H,66,86)(H,67,83)(H,68,84)(H,69,85). The van der Waals surface area contributed by atoms with Crippen molar-refractivity contribution in [2.75, 3.05) is 72.6 Å². The number of hydrogen-bond acceptors (Lipinski definition) is 37. The van der Waals surface area contributed by atoms with E-state index in [4.69, 9.17) is 85.6 Å². The van der Waals surface area contributed by atoms with Crippen LogP contribution in [0.1, 0.15) is 115 Å². The first-order valence-electron chi connectivity index (χ1n) is 33.1. The topological polar surface area (TPSA) is 567 Å². The van der Waals surface area contributed by atoms with Gasteiger partial charge in [0.05, 0.1) is 58.9 Å². The number of rotatable bonds is 39. The fourth-order valence-electron chi connectivity index (χ4n) is 11.0. The fraction of sp³-hybridized carbons (Fsp3) is 0.742. The minimum atomic E-state index is -1.88. The molecule has 15 unspecified atom stereocenters. The molecule has 0 aromatic heterocycles. The molecule has 44 nitrogen and oxygen atoms in total. The first kappa shape index (κ1) is 89.4. The van der Waals surface area contributed by atoms with Crippen LogP contribution in [-0.4, -0.2) is 287 Å². The van der Waals surface area contributed by atoms with E-state index in [1.807, 2.05) is 0 Å². The van der Waals surface area contributed by atoms with Gasteiger partial charge in [0.2, 0.25) is 66.6 Å². The van der Waals surface area contributed by atoms with Gasteiger partial charge in [-0.25, -0.2) is 31.0 Å². The van der Waals surface area contributed by atoms with Gasteiger partial charge in [-0.05, 0) is 12.8 Å². The zero-order valence-electron chi connectivity index (χ0n) is 60.4. The monoisotopic (exact) mass is 1530 g/mol. The molecule has 0 radical (unpaired) electrons. The number of aliphatic hydroxyl groups is 2. The van der Waals surface area contributed by atoms with Crippen LogP contribution in [0.4, 0.5) is 0 Å². The number of nitrogens with one attached hydrogen (secondary N) is 7. The zero-order valence-corrected chi connectivity index (χ0v) is 60.4. The summed E-state index contributed by atoms with van der Waals surface area (Å²) < 4.78 is 83.7. The van der Waals surface area contributed by atoms with Gasteiger partial charge in [-0.2, -0.15) is 0 Å². The van der Waals surface area contributed by atoms with Crippen LogP contribution in [0.2, 0.25) is 0 Å². The van der Waals surface area contributed by atoms with Gasteiger partial charge in [-0.15, -0.1) is 0 Å². The maximum absolute atomic E-state index is 14.4. The Morgan fingerprint density at radius 3 is 0.896 bits per heavy atom. The minimum absolute atomic E-state index is 0.0300. The van der Waals surface area contributed by atoms with Gasteiger partial charge in [0.1, 0.15) is 61.8 Å². The highest BCUT2D eigenvalue weighted by molar-refractivity contribution is 5.80. The van der Waals surface area contributed by atoms with Crippen LogP contribution in [0.3, 0.4) is 0 Å². The van der Waals surface area contributed by atoms with E-state index in [2.05, 4.69) is 37.7 Å². The average molecular weight is 1530 g/mol. The third-order valence-corrected chi connectivity index (χ3v) is 15.3. The lowest BCUT2D eigenvalue weighted by Crippen LogP contribution is -2.67. The van der Waals surface area contributed by atoms with Crippen LogP contribution < -0.4 is 37.7 Å². The number of carbonyl (C=O) groups is 16. The van der Waals surface area contributed by atoms with E-state index >= 15 is 0 Å². The second-order valence-electron chi connectivity index (χ2n) is 24.4. The summed E-state index contributed by atoms with van der Waals surface area (Å²) in [5.74, 6) is -14.4. The highest BCUT2D eigenvalue weighted by Crippen LogP contribution is 2.31. The summed E-state index contributed by atoms with van der Waals surface area (Å²) in [6, 6.07) is -4.52. The van der Waals surface area contributed by atoms with Crippen molar-refractivity contribution in [1.29, 1.82) is 0 Å². The predicted octanol–water partition coefficient (Wildman–Crippen LogP) is -5.85. The number of likely N-dealkylation sites (tertiary alicyclic amines) is 1. The minimum Gasteiger partial charge on any atom is -0.463 e. The van der Waals surface area contributed by atoms with E-state index < -0.39 is 284 Å². The molecule has 7 amide bonds. The Hall–Kier alpha value is -8.96. The highest BCUT2D eigenvalue weighted by atomic mass is 16.8. The summed E-state index contributed by atoms with van der Waals surface area (Å²) in [6.45, 7) is 7.27. The molecule has 44 heteroatoms. The Bertz CT molecular complexity index is 2780. The van der Waals surface area contributed by atoms with E-state index in [0.29, 0.717) is 0 Å². The van der Waals surface area contributed by atoms with E-state index in [1.165, 1.54) is 4.90 Å². The molecule has 4 rings (SSSR count). The molecular formula is C62H94N8O36. The number of piperidine rings is 1. The van der Waals surface area contributed by atoms with Crippen molar-refractivity contribution in [3.8, 4) is 0 Å². The van der Waals surface area contributed by atoms with Gasteiger partial charge in [0.25, 0.3) is 0 Å². The maximum Gasteiger partial charge on any atom is 0.303 e. The normalized spacial score (nSPS) is 25.7. The molecule has 0 spiro atoms. The number of ether oxygens (including phenoxy) is 15. The van der Waals surface area contributed by atoms with Gasteiger partial charge >= 0.3 is 53.7 Å². The molecule has 4 saturated heterocycles. The van der Waals surface area contributed by atoms with Crippen molar-refractivity contribution in [2.45, 2.75) is 219 Å². The second-order valence-corrected chi connectivity index (χ2v) is 24.4. The second kappa shape index (κ2) is 44.2. The summed E-state index contributed by atoms with van der Waals surface area (Å²) in [6.07, 6.45) is -22.2. The van der Waals surface area contributed by atoms with Crippen LogP contribution >= 0.6 is 0 Å². The molecule has 15 atom stereocenters. The summed E-state index contributed by atoms with van der Waals surface area (Å²) >= 11 is 0.